The summed E-state index contributed by atoms with van der Waals surface area (Å²) in [5.41, 5.74) is 0. The lowest BCUT2D eigenvalue weighted by Gasteiger charge is -2.03. The highest BCUT2D eigenvalue weighted by Gasteiger charge is 2.08. The summed E-state index contributed by atoms with van der Waals surface area (Å²) in [7, 11) is 0. The summed E-state index contributed by atoms with van der Waals surface area (Å²) in [4.78, 5) is 10.3. The summed E-state index contributed by atoms with van der Waals surface area (Å²) in [5.74, 6) is -0.220. The van der Waals surface area contributed by atoms with Crippen LogP contribution in [0.4, 0.5) is 0 Å². The van der Waals surface area contributed by atoms with E-state index in [4.69, 9.17) is 16.7 Å². The van der Waals surface area contributed by atoms with Crippen molar-refractivity contribution < 1.29 is 9.90 Å². The molecule has 0 aliphatic heterocycles. The summed E-state index contributed by atoms with van der Waals surface area (Å²) in [5, 5.41) is 8.51. The quantitative estimate of drug-likeness (QED) is 0.501. The summed E-state index contributed by atoms with van der Waals surface area (Å²) >= 11 is 5.46. The number of carboxylic acid groups (broad SMARTS) is 1. The van der Waals surface area contributed by atoms with Crippen LogP contribution < -0.4 is 0 Å². The van der Waals surface area contributed by atoms with Crippen molar-refractivity contribution in [3.63, 3.8) is 0 Å². The Kier molecular flexibility index (Phi) is 6.33. The summed E-state index contributed by atoms with van der Waals surface area (Å²) in [6, 6.07) is 0. The largest absolute Gasteiger partial charge is 0.481 e. The Labute approximate surface area is 72.6 Å². The lowest BCUT2D eigenvalue weighted by atomic mass is 10.0. The van der Waals surface area contributed by atoms with Gasteiger partial charge in [-0.05, 0) is 12.8 Å². The first-order valence-corrected chi connectivity index (χ1v) is 4.50. The lowest BCUT2D eigenvalue weighted by Crippen LogP contribution is -2.08. The van der Waals surface area contributed by atoms with E-state index in [1.54, 1.807) is 6.92 Å². The van der Waals surface area contributed by atoms with Crippen LogP contribution in [-0.4, -0.2) is 17.0 Å². The van der Waals surface area contributed by atoms with Gasteiger partial charge in [0.1, 0.15) is 0 Å². The summed E-state index contributed by atoms with van der Waals surface area (Å²) in [6.45, 7) is 1.74. The van der Waals surface area contributed by atoms with E-state index in [0.717, 1.165) is 25.7 Å². The average Bonchev–Trinajstić information content (AvgIpc) is 1.97. The number of hydrogen-bond donors (Lipinski definition) is 1. The number of carboxylic acids is 1. The van der Waals surface area contributed by atoms with E-state index in [0.29, 0.717) is 5.88 Å². The molecule has 0 amide bonds. The second-order valence-corrected chi connectivity index (χ2v) is 3.16. The third-order valence-corrected chi connectivity index (χ3v) is 1.96. The number of halogens is 1. The zero-order chi connectivity index (χ0) is 8.69. The highest BCUT2D eigenvalue weighted by atomic mass is 35.5. The Morgan fingerprint density at radius 1 is 1.45 bits per heavy atom. The van der Waals surface area contributed by atoms with Crippen LogP contribution in [0.15, 0.2) is 0 Å². The number of carbonyl (C=O) groups is 1. The van der Waals surface area contributed by atoms with Gasteiger partial charge in [0.05, 0.1) is 5.92 Å². The number of aliphatic carboxylic acids is 1. The maximum atomic E-state index is 10.3. The second-order valence-electron chi connectivity index (χ2n) is 2.78. The fourth-order valence-corrected chi connectivity index (χ4v) is 1.03. The van der Waals surface area contributed by atoms with Gasteiger partial charge in [0.25, 0.3) is 0 Å². The molecule has 0 saturated carbocycles. The zero-order valence-electron chi connectivity index (χ0n) is 6.85. The molecule has 0 aromatic carbocycles. The molecule has 1 unspecified atom stereocenters. The standard InChI is InChI=1S/C8H15ClO2/c1-7(8(10)11)5-3-2-4-6-9/h7H,2-6H2,1H3,(H,10,11). The van der Waals surface area contributed by atoms with Gasteiger partial charge in [-0.1, -0.05) is 19.8 Å². The van der Waals surface area contributed by atoms with Crippen LogP contribution in [0, 0.1) is 5.92 Å². The molecule has 0 spiro atoms. The molecule has 1 N–H and O–H groups in total. The van der Waals surface area contributed by atoms with E-state index in [1.807, 2.05) is 0 Å². The van der Waals surface area contributed by atoms with Gasteiger partial charge in [-0.15, -0.1) is 11.6 Å². The molecule has 0 bridgehead atoms. The summed E-state index contributed by atoms with van der Waals surface area (Å²) in [6.07, 6.45) is 3.78. The van der Waals surface area contributed by atoms with Crippen LogP contribution in [0.2, 0.25) is 0 Å². The van der Waals surface area contributed by atoms with E-state index in [1.165, 1.54) is 0 Å². The third-order valence-electron chi connectivity index (χ3n) is 1.69. The molecule has 66 valence electrons. The smallest absolute Gasteiger partial charge is 0.306 e. The van der Waals surface area contributed by atoms with Crippen LogP contribution >= 0.6 is 11.6 Å². The van der Waals surface area contributed by atoms with E-state index in [9.17, 15) is 4.79 Å². The Bertz CT molecular complexity index is 115. The van der Waals surface area contributed by atoms with Gasteiger partial charge in [0.15, 0.2) is 0 Å². The first-order valence-electron chi connectivity index (χ1n) is 3.97. The van der Waals surface area contributed by atoms with Crippen molar-refractivity contribution in [1.29, 1.82) is 0 Å². The molecule has 1 atom stereocenters. The van der Waals surface area contributed by atoms with Crippen LogP contribution in [0.25, 0.3) is 0 Å². The molecule has 0 saturated heterocycles. The van der Waals surface area contributed by atoms with Crippen molar-refractivity contribution in [3.8, 4) is 0 Å². The molecule has 0 aliphatic carbocycles. The SMILES string of the molecule is CC(CCCCCCl)C(=O)O. The molecular formula is C8H15ClO2. The van der Waals surface area contributed by atoms with Crippen molar-refractivity contribution in [2.45, 2.75) is 32.6 Å². The van der Waals surface area contributed by atoms with E-state index in [-0.39, 0.29) is 5.92 Å². The minimum Gasteiger partial charge on any atom is -0.481 e. The zero-order valence-corrected chi connectivity index (χ0v) is 7.60. The molecule has 2 nitrogen and oxygen atoms in total. The molecule has 0 heterocycles. The van der Waals surface area contributed by atoms with Gasteiger partial charge < -0.3 is 5.11 Å². The van der Waals surface area contributed by atoms with Crippen molar-refractivity contribution in [3.05, 3.63) is 0 Å². The predicted octanol–water partition coefficient (Wildman–Crippen LogP) is 2.51. The van der Waals surface area contributed by atoms with Gasteiger partial charge in [0, 0.05) is 5.88 Å². The van der Waals surface area contributed by atoms with E-state index in [2.05, 4.69) is 0 Å². The van der Waals surface area contributed by atoms with Gasteiger partial charge >= 0.3 is 5.97 Å². The minimum atomic E-state index is -0.698. The van der Waals surface area contributed by atoms with Crippen molar-refractivity contribution in [2.75, 3.05) is 5.88 Å². The van der Waals surface area contributed by atoms with Crippen molar-refractivity contribution in [1.82, 2.24) is 0 Å². The maximum Gasteiger partial charge on any atom is 0.306 e. The first kappa shape index (κ1) is 10.8. The van der Waals surface area contributed by atoms with Gasteiger partial charge in [0.2, 0.25) is 0 Å². The second kappa shape index (κ2) is 6.47. The molecular weight excluding hydrogens is 164 g/mol. The molecule has 0 aromatic heterocycles. The lowest BCUT2D eigenvalue weighted by molar-refractivity contribution is -0.141. The maximum absolute atomic E-state index is 10.3. The summed E-state index contributed by atoms with van der Waals surface area (Å²) < 4.78 is 0. The van der Waals surface area contributed by atoms with E-state index >= 15 is 0 Å². The Hall–Kier alpha value is -0.240. The molecule has 0 radical (unpaired) electrons. The highest BCUT2D eigenvalue weighted by molar-refractivity contribution is 6.17. The van der Waals surface area contributed by atoms with Gasteiger partial charge in [-0.25, -0.2) is 0 Å². The average molecular weight is 179 g/mol. The van der Waals surface area contributed by atoms with Crippen LogP contribution in [0.1, 0.15) is 32.6 Å². The molecule has 0 aliphatic rings. The number of unbranched alkanes of at least 4 members (excludes halogenated alkanes) is 2. The van der Waals surface area contributed by atoms with E-state index < -0.39 is 5.97 Å². The Morgan fingerprint density at radius 2 is 2.09 bits per heavy atom. The number of alkyl halides is 1. The Balaban J connectivity index is 3.17. The minimum absolute atomic E-state index is 0.203. The molecule has 0 fully saturated rings. The fraction of sp³-hybridized carbons (Fsp3) is 0.875. The van der Waals surface area contributed by atoms with Gasteiger partial charge in [-0.3, -0.25) is 4.79 Å². The van der Waals surface area contributed by atoms with Crippen LogP contribution in [0.3, 0.4) is 0 Å². The topological polar surface area (TPSA) is 37.3 Å². The predicted molar refractivity (Wildman–Crippen MR) is 46.0 cm³/mol. The monoisotopic (exact) mass is 178 g/mol. The number of hydrogen-bond acceptors (Lipinski definition) is 1. The first-order chi connectivity index (χ1) is 5.18. The molecule has 0 rings (SSSR count). The van der Waals surface area contributed by atoms with Crippen LogP contribution in [-0.2, 0) is 4.79 Å². The van der Waals surface area contributed by atoms with Crippen LogP contribution in [0.5, 0.6) is 0 Å². The highest BCUT2D eigenvalue weighted by Crippen LogP contribution is 2.09. The Morgan fingerprint density at radius 3 is 2.55 bits per heavy atom. The number of rotatable bonds is 6. The van der Waals surface area contributed by atoms with Crippen molar-refractivity contribution in [2.24, 2.45) is 5.92 Å². The third kappa shape index (κ3) is 6.17. The molecule has 11 heavy (non-hydrogen) atoms. The molecule has 0 aromatic rings. The fourth-order valence-electron chi connectivity index (χ4n) is 0.845. The normalized spacial score (nSPS) is 12.9. The molecule has 3 heteroatoms. The van der Waals surface area contributed by atoms with Crippen molar-refractivity contribution >= 4 is 17.6 Å². The van der Waals surface area contributed by atoms with Gasteiger partial charge in [-0.2, -0.15) is 0 Å².